The molecule has 3 aromatic rings. The summed E-state index contributed by atoms with van der Waals surface area (Å²) < 4.78 is 7.03. The van der Waals surface area contributed by atoms with Gasteiger partial charge in [-0.1, -0.05) is 12.1 Å². The van der Waals surface area contributed by atoms with Gasteiger partial charge in [-0.15, -0.1) is 5.10 Å². The van der Waals surface area contributed by atoms with Crippen LogP contribution in [0.4, 0.5) is 0 Å². The molecule has 9 nitrogen and oxygen atoms in total. The fourth-order valence-electron chi connectivity index (χ4n) is 4.79. The molecular weight excluding hydrogens is 432 g/mol. The molecule has 1 atom stereocenters. The molecule has 0 amide bonds. The van der Waals surface area contributed by atoms with Gasteiger partial charge in [0.05, 0.1) is 23.6 Å². The molecule has 0 saturated carbocycles. The van der Waals surface area contributed by atoms with Gasteiger partial charge >= 0.3 is 5.97 Å². The summed E-state index contributed by atoms with van der Waals surface area (Å²) in [5.74, 6) is 0.348. The molecule has 0 unspecified atom stereocenters. The second-order valence-electron chi connectivity index (χ2n) is 10.1. The number of aromatic amines is 1. The van der Waals surface area contributed by atoms with E-state index in [1.807, 2.05) is 53.7 Å². The van der Waals surface area contributed by atoms with Crippen molar-refractivity contribution in [1.82, 2.24) is 30.1 Å². The Balaban J connectivity index is 1.82. The van der Waals surface area contributed by atoms with Gasteiger partial charge in [0, 0.05) is 24.0 Å². The van der Waals surface area contributed by atoms with Gasteiger partial charge in [0.25, 0.3) is 5.56 Å². The van der Waals surface area contributed by atoms with Crippen molar-refractivity contribution in [3.8, 4) is 0 Å². The first-order valence-corrected chi connectivity index (χ1v) is 11.9. The van der Waals surface area contributed by atoms with E-state index in [9.17, 15) is 9.59 Å². The summed E-state index contributed by atoms with van der Waals surface area (Å²) in [6.07, 6.45) is 1.33. The van der Waals surface area contributed by atoms with Gasteiger partial charge in [0.2, 0.25) is 0 Å². The molecule has 1 aliphatic heterocycles. The molecular formula is C25H34N6O3. The van der Waals surface area contributed by atoms with Crippen LogP contribution in [0.2, 0.25) is 0 Å². The van der Waals surface area contributed by atoms with E-state index in [0.29, 0.717) is 43.9 Å². The van der Waals surface area contributed by atoms with Crippen molar-refractivity contribution in [2.24, 2.45) is 5.92 Å². The van der Waals surface area contributed by atoms with Gasteiger partial charge in [0.15, 0.2) is 5.82 Å². The second-order valence-corrected chi connectivity index (χ2v) is 10.1. The minimum atomic E-state index is -0.439. The maximum atomic E-state index is 13.5. The van der Waals surface area contributed by atoms with Gasteiger partial charge < -0.3 is 9.72 Å². The molecule has 1 N–H and O–H groups in total. The van der Waals surface area contributed by atoms with Crippen molar-refractivity contribution >= 4 is 16.9 Å². The van der Waals surface area contributed by atoms with Crippen molar-refractivity contribution in [2.45, 2.75) is 66.0 Å². The zero-order chi connectivity index (χ0) is 24.6. The topological polar surface area (TPSA) is 106 Å². The first-order chi connectivity index (χ1) is 16.1. The monoisotopic (exact) mass is 466 g/mol. The number of rotatable bonds is 5. The van der Waals surface area contributed by atoms with Crippen LogP contribution in [0.5, 0.6) is 0 Å². The van der Waals surface area contributed by atoms with Crippen LogP contribution in [0.3, 0.4) is 0 Å². The molecule has 4 rings (SSSR count). The van der Waals surface area contributed by atoms with Gasteiger partial charge in [0.1, 0.15) is 6.04 Å². The number of piperidine rings is 1. The number of aryl methyl sites for hydroxylation is 2. The summed E-state index contributed by atoms with van der Waals surface area (Å²) in [4.78, 5) is 31.1. The van der Waals surface area contributed by atoms with Crippen LogP contribution in [-0.4, -0.2) is 55.8 Å². The molecule has 1 saturated heterocycles. The smallest absolute Gasteiger partial charge is 0.309 e. The maximum Gasteiger partial charge on any atom is 0.309 e. The zero-order valence-electron chi connectivity index (χ0n) is 20.9. The Morgan fingerprint density at radius 3 is 2.53 bits per heavy atom. The standard InChI is InChI=1S/C25H34N6O3/c1-7-34-24(33)17-10-12-30(13-11-17)21(22-27-28-29-31(22)25(4,5)6)19-14-18-15(2)8-9-16(3)20(18)26-23(19)32/h8-9,14,17,21H,7,10-13H2,1-6H3,(H,26,32)/t21-/m0/s1. The number of benzene rings is 1. The van der Waals surface area contributed by atoms with Gasteiger partial charge in [-0.3, -0.25) is 14.5 Å². The summed E-state index contributed by atoms with van der Waals surface area (Å²) in [5.41, 5.74) is 3.06. The number of esters is 1. The van der Waals surface area contributed by atoms with Gasteiger partial charge in [-0.05, 0) is 82.0 Å². The highest BCUT2D eigenvalue weighted by molar-refractivity contribution is 5.85. The van der Waals surface area contributed by atoms with E-state index in [4.69, 9.17) is 4.74 Å². The highest BCUT2D eigenvalue weighted by Crippen LogP contribution is 2.33. The number of fused-ring (bicyclic) bond motifs is 1. The van der Waals surface area contributed by atoms with Crippen molar-refractivity contribution in [1.29, 1.82) is 0 Å². The lowest BCUT2D eigenvalue weighted by molar-refractivity contribution is -0.149. The number of hydrogen-bond acceptors (Lipinski definition) is 7. The van der Waals surface area contributed by atoms with Crippen LogP contribution >= 0.6 is 0 Å². The number of ether oxygens (including phenoxy) is 1. The fourth-order valence-corrected chi connectivity index (χ4v) is 4.79. The van der Waals surface area contributed by atoms with Crippen LogP contribution in [0.15, 0.2) is 23.0 Å². The summed E-state index contributed by atoms with van der Waals surface area (Å²) in [5, 5.41) is 13.6. The Morgan fingerprint density at radius 1 is 1.21 bits per heavy atom. The van der Waals surface area contributed by atoms with Crippen LogP contribution in [0.1, 0.15) is 69.1 Å². The molecule has 0 bridgehead atoms. The number of carbonyl (C=O) groups excluding carboxylic acids is 1. The number of H-pyrrole nitrogens is 1. The minimum absolute atomic E-state index is 0.129. The van der Waals surface area contributed by atoms with Crippen molar-refractivity contribution < 1.29 is 9.53 Å². The van der Waals surface area contributed by atoms with E-state index >= 15 is 0 Å². The molecule has 0 radical (unpaired) electrons. The number of hydrogen-bond donors (Lipinski definition) is 1. The second kappa shape index (κ2) is 9.29. The zero-order valence-corrected chi connectivity index (χ0v) is 20.9. The van der Waals surface area contributed by atoms with Gasteiger partial charge in [-0.2, -0.15) is 0 Å². The van der Waals surface area contributed by atoms with Crippen LogP contribution in [0.25, 0.3) is 10.9 Å². The first kappa shape index (κ1) is 24.1. The highest BCUT2D eigenvalue weighted by Gasteiger charge is 2.36. The molecule has 1 fully saturated rings. The van der Waals surface area contributed by atoms with E-state index in [2.05, 4.69) is 31.5 Å². The average molecular weight is 467 g/mol. The molecule has 1 aliphatic rings. The van der Waals surface area contributed by atoms with Gasteiger partial charge in [-0.25, -0.2) is 4.68 Å². The lowest BCUT2D eigenvalue weighted by Gasteiger charge is -2.37. The molecule has 34 heavy (non-hydrogen) atoms. The normalized spacial score (nSPS) is 16.6. The van der Waals surface area contributed by atoms with E-state index < -0.39 is 6.04 Å². The average Bonchev–Trinajstić information content (AvgIpc) is 3.28. The molecule has 0 spiro atoms. The number of nitrogens with zero attached hydrogens (tertiary/aromatic N) is 5. The lowest BCUT2D eigenvalue weighted by Crippen LogP contribution is -2.43. The summed E-state index contributed by atoms with van der Waals surface area (Å²) in [6.45, 7) is 13.6. The molecule has 182 valence electrons. The minimum Gasteiger partial charge on any atom is -0.466 e. The predicted octanol–water partition coefficient (Wildman–Crippen LogP) is 3.25. The Hall–Kier alpha value is -3.07. The van der Waals surface area contributed by atoms with Crippen LogP contribution in [-0.2, 0) is 15.1 Å². The summed E-state index contributed by atoms with van der Waals surface area (Å²) in [7, 11) is 0. The van der Waals surface area contributed by atoms with E-state index in [1.54, 1.807) is 4.68 Å². The quantitative estimate of drug-likeness (QED) is 0.575. The SMILES string of the molecule is CCOC(=O)C1CCN([C@@H](c2cc3c(C)ccc(C)c3[nH]c2=O)c2nnnn2C(C)(C)C)CC1. The Kier molecular flexibility index (Phi) is 6.58. The molecule has 3 heterocycles. The van der Waals surface area contributed by atoms with E-state index in [-0.39, 0.29) is 23.0 Å². The third-order valence-corrected chi connectivity index (χ3v) is 6.66. The maximum absolute atomic E-state index is 13.5. The third kappa shape index (κ3) is 4.49. The number of tetrazole rings is 1. The molecule has 0 aliphatic carbocycles. The summed E-state index contributed by atoms with van der Waals surface area (Å²) in [6, 6.07) is 5.63. The van der Waals surface area contributed by atoms with Crippen molar-refractivity contribution in [3.63, 3.8) is 0 Å². The fraction of sp³-hybridized carbons (Fsp3) is 0.560. The lowest BCUT2D eigenvalue weighted by atomic mass is 9.93. The van der Waals surface area contributed by atoms with E-state index in [1.165, 1.54) is 0 Å². The van der Waals surface area contributed by atoms with Crippen molar-refractivity contribution in [2.75, 3.05) is 19.7 Å². The number of pyridine rings is 1. The largest absolute Gasteiger partial charge is 0.466 e. The Morgan fingerprint density at radius 2 is 1.88 bits per heavy atom. The number of nitrogens with one attached hydrogen (secondary N) is 1. The molecule has 1 aromatic carbocycles. The number of likely N-dealkylation sites (tertiary alicyclic amines) is 1. The Bertz CT molecular complexity index is 1250. The van der Waals surface area contributed by atoms with Crippen LogP contribution in [0, 0.1) is 19.8 Å². The number of carbonyl (C=O) groups is 1. The van der Waals surface area contributed by atoms with Crippen molar-refractivity contribution in [3.05, 3.63) is 51.1 Å². The van der Waals surface area contributed by atoms with Crippen LogP contribution < -0.4 is 5.56 Å². The van der Waals surface area contributed by atoms with E-state index in [0.717, 1.165) is 22.0 Å². The highest BCUT2D eigenvalue weighted by atomic mass is 16.5. The first-order valence-electron chi connectivity index (χ1n) is 11.9. The number of aromatic nitrogens is 5. The molecule has 9 heteroatoms. The molecule has 2 aromatic heterocycles. The summed E-state index contributed by atoms with van der Waals surface area (Å²) >= 11 is 0. The predicted molar refractivity (Wildman–Crippen MR) is 130 cm³/mol. The Labute approximate surface area is 199 Å². The third-order valence-electron chi connectivity index (χ3n) is 6.66.